The quantitative estimate of drug-likeness (QED) is 0.485. The van der Waals surface area contributed by atoms with Gasteiger partial charge in [-0.2, -0.15) is 0 Å². The summed E-state index contributed by atoms with van der Waals surface area (Å²) in [4.78, 5) is 0. The summed E-state index contributed by atoms with van der Waals surface area (Å²) in [6.07, 6.45) is 2.66. The van der Waals surface area contributed by atoms with Crippen LogP contribution in [0.25, 0.3) is 5.32 Å². The van der Waals surface area contributed by atoms with Crippen molar-refractivity contribution in [2.24, 2.45) is 11.1 Å². The average molecular weight is 111 g/mol. The average Bonchev–Trinajstić information content (AvgIpc) is 2.39. The molecule has 0 bridgehead atoms. The molecule has 2 N–H and O–H groups in total. The molecule has 1 aliphatic heterocycles. The van der Waals surface area contributed by atoms with Gasteiger partial charge in [0.2, 0.25) is 0 Å². The fraction of sp³-hybridized carbons (Fsp3) is 1.00. The molecule has 1 heterocycles. The van der Waals surface area contributed by atoms with Crippen molar-refractivity contribution < 1.29 is 0 Å². The van der Waals surface area contributed by atoms with Crippen LogP contribution in [0.3, 0.4) is 0 Å². The van der Waals surface area contributed by atoms with E-state index in [9.17, 15) is 0 Å². The molecule has 46 valence electrons. The second-order valence-electron chi connectivity index (χ2n) is 3.03. The Kier molecular flexibility index (Phi) is 0.746. The molecule has 0 aromatic rings. The van der Waals surface area contributed by atoms with E-state index in [1.807, 2.05) is 0 Å². The van der Waals surface area contributed by atoms with Crippen molar-refractivity contribution in [1.82, 2.24) is 0 Å². The van der Waals surface area contributed by atoms with Crippen molar-refractivity contribution in [2.75, 3.05) is 13.1 Å². The second kappa shape index (κ2) is 1.25. The molecule has 0 amide bonds. The minimum absolute atomic E-state index is 0.405. The predicted molar refractivity (Wildman–Crippen MR) is 32.7 cm³/mol. The van der Waals surface area contributed by atoms with Gasteiger partial charge in [0, 0.05) is 0 Å². The SMILES string of the molecule is N[C@@H]1C[N-]CC12CC2. The number of nitrogens with two attached hydrogens (primary N) is 1. The zero-order valence-corrected chi connectivity index (χ0v) is 4.93. The van der Waals surface area contributed by atoms with E-state index in [-0.39, 0.29) is 0 Å². The van der Waals surface area contributed by atoms with E-state index in [4.69, 9.17) is 5.73 Å². The van der Waals surface area contributed by atoms with Crippen LogP contribution in [0.4, 0.5) is 0 Å². The van der Waals surface area contributed by atoms with Gasteiger partial charge in [0.1, 0.15) is 0 Å². The van der Waals surface area contributed by atoms with Crippen LogP contribution in [0.5, 0.6) is 0 Å². The molecule has 2 aliphatic rings. The minimum atomic E-state index is 0.405. The third-order valence-corrected chi connectivity index (χ3v) is 2.43. The molecular formula is C6H11N2-. The van der Waals surface area contributed by atoms with Crippen LogP contribution < -0.4 is 5.73 Å². The van der Waals surface area contributed by atoms with Crippen LogP contribution in [-0.4, -0.2) is 19.1 Å². The first kappa shape index (κ1) is 4.77. The summed E-state index contributed by atoms with van der Waals surface area (Å²) in [5, 5.41) is 4.25. The fourth-order valence-corrected chi connectivity index (χ4v) is 1.43. The minimum Gasteiger partial charge on any atom is -0.661 e. The van der Waals surface area contributed by atoms with Crippen LogP contribution in [0.15, 0.2) is 0 Å². The van der Waals surface area contributed by atoms with Crippen molar-refractivity contribution in [1.29, 1.82) is 0 Å². The van der Waals surface area contributed by atoms with Gasteiger partial charge in [-0.05, 0) is 24.3 Å². The van der Waals surface area contributed by atoms with Crippen molar-refractivity contribution in [2.45, 2.75) is 18.9 Å². The van der Waals surface area contributed by atoms with Gasteiger partial charge in [0.05, 0.1) is 0 Å². The molecule has 1 aliphatic carbocycles. The topological polar surface area (TPSA) is 40.1 Å². The third kappa shape index (κ3) is 0.446. The summed E-state index contributed by atoms with van der Waals surface area (Å²) in [7, 11) is 0. The normalized spacial score (nSPS) is 40.9. The Balaban J connectivity index is 2.12. The standard InChI is InChI=1S/C6H11N2/c7-5-3-8-4-6(5)1-2-6/h5H,1-4,7H2/q-1/t5-/m1/s1. The molecule has 2 rings (SSSR count). The van der Waals surface area contributed by atoms with Crippen LogP contribution in [0.1, 0.15) is 12.8 Å². The van der Waals surface area contributed by atoms with Gasteiger partial charge in [0.15, 0.2) is 0 Å². The highest BCUT2D eigenvalue weighted by Gasteiger charge is 2.45. The molecular weight excluding hydrogens is 100 g/mol. The van der Waals surface area contributed by atoms with Crippen LogP contribution in [-0.2, 0) is 0 Å². The predicted octanol–water partition coefficient (Wildman–Crippen LogP) is 0.481. The number of nitrogens with zero attached hydrogens (tertiary/aromatic N) is 1. The Bertz CT molecular complexity index is 107. The summed E-state index contributed by atoms with van der Waals surface area (Å²) < 4.78 is 0. The highest BCUT2D eigenvalue weighted by Crippen LogP contribution is 2.52. The van der Waals surface area contributed by atoms with E-state index in [2.05, 4.69) is 5.32 Å². The molecule has 0 radical (unpaired) electrons. The van der Waals surface area contributed by atoms with Gasteiger partial charge in [0.25, 0.3) is 0 Å². The molecule has 2 fully saturated rings. The monoisotopic (exact) mass is 111 g/mol. The molecule has 0 unspecified atom stereocenters. The molecule has 8 heavy (non-hydrogen) atoms. The first-order valence-electron chi connectivity index (χ1n) is 3.22. The smallest absolute Gasteiger partial charge is 0.0109 e. The van der Waals surface area contributed by atoms with Gasteiger partial charge >= 0.3 is 0 Å². The maximum atomic E-state index is 5.78. The number of rotatable bonds is 0. The molecule has 1 spiro atoms. The zero-order valence-electron chi connectivity index (χ0n) is 4.93. The first-order valence-corrected chi connectivity index (χ1v) is 3.22. The Morgan fingerprint density at radius 2 is 2.25 bits per heavy atom. The molecule has 1 saturated carbocycles. The maximum absolute atomic E-state index is 5.78. The van der Waals surface area contributed by atoms with Crippen molar-refractivity contribution in [3.8, 4) is 0 Å². The van der Waals surface area contributed by atoms with Gasteiger partial charge in [-0.15, -0.1) is 13.1 Å². The van der Waals surface area contributed by atoms with E-state index in [1.54, 1.807) is 0 Å². The summed E-state index contributed by atoms with van der Waals surface area (Å²) in [5.74, 6) is 0. The first-order chi connectivity index (χ1) is 3.83. The van der Waals surface area contributed by atoms with E-state index < -0.39 is 0 Å². The molecule has 0 aromatic carbocycles. The Morgan fingerprint density at radius 3 is 2.50 bits per heavy atom. The molecule has 2 nitrogen and oxygen atoms in total. The van der Waals surface area contributed by atoms with Gasteiger partial charge in [-0.1, -0.05) is 0 Å². The zero-order chi connectivity index (χ0) is 5.61. The van der Waals surface area contributed by atoms with Crippen molar-refractivity contribution >= 4 is 0 Å². The van der Waals surface area contributed by atoms with E-state index in [1.165, 1.54) is 12.8 Å². The van der Waals surface area contributed by atoms with Gasteiger partial charge < -0.3 is 11.1 Å². The maximum Gasteiger partial charge on any atom is -0.0109 e. The Morgan fingerprint density at radius 1 is 1.50 bits per heavy atom. The summed E-state index contributed by atoms with van der Waals surface area (Å²) in [6, 6.07) is 0.405. The summed E-state index contributed by atoms with van der Waals surface area (Å²) in [6.45, 7) is 1.97. The van der Waals surface area contributed by atoms with Gasteiger partial charge in [-0.25, -0.2) is 0 Å². The summed E-state index contributed by atoms with van der Waals surface area (Å²) in [5.41, 5.74) is 6.30. The Hall–Kier alpha value is -0.0800. The van der Waals surface area contributed by atoms with Gasteiger partial charge in [-0.3, -0.25) is 0 Å². The lowest BCUT2D eigenvalue weighted by molar-refractivity contribution is 0.501. The van der Waals surface area contributed by atoms with Crippen molar-refractivity contribution in [3.63, 3.8) is 0 Å². The van der Waals surface area contributed by atoms with E-state index in [0.717, 1.165) is 13.1 Å². The van der Waals surface area contributed by atoms with Crippen LogP contribution in [0, 0.1) is 5.41 Å². The lowest BCUT2D eigenvalue weighted by Crippen LogP contribution is -2.29. The molecule has 1 atom stereocenters. The molecule has 0 aromatic heterocycles. The Labute approximate surface area is 49.4 Å². The fourth-order valence-electron chi connectivity index (χ4n) is 1.43. The molecule has 2 heteroatoms. The lowest BCUT2D eigenvalue weighted by Gasteiger charge is -2.13. The third-order valence-electron chi connectivity index (χ3n) is 2.43. The molecule has 1 saturated heterocycles. The highest BCUT2D eigenvalue weighted by molar-refractivity contribution is 5.17. The van der Waals surface area contributed by atoms with E-state index in [0.29, 0.717) is 11.5 Å². The summed E-state index contributed by atoms with van der Waals surface area (Å²) >= 11 is 0. The second-order valence-corrected chi connectivity index (χ2v) is 3.03. The van der Waals surface area contributed by atoms with Crippen LogP contribution >= 0.6 is 0 Å². The van der Waals surface area contributed by atoms with Crippen molar-refractivity contribution in [3.05, 3.63) is 5.32 Å². The van der Waals surface area contributed by atoms with Crippen LogP contribution in [0.2, 0.25) is 0 Å². The van der Waals surface area contributed by atoms with E-state index >= 15 is 0 Å². The number of hydrogen-bond donors (Lipinski definition) is 1. The lowest BCUT2D eigenvalue weighted by atomic mass is 10.0. The largest absolute Gasteiger partial charge is 0.661 e. The highest BCUT2D eigenvalue weighted by atomic mass is 15.0. The number of hydrogen-bond acceptors (Lipinski definition) is 1.